The maximum atomic E-state index is 12.0. The fraction of sp³-hybridized carbons (Fsp3) is 0.105. The van der Waals surface area contributed by atoms with E-state index in [0.29, 0.717) is 11.3 Å². The number of hydrogen-bond donors (Lipinski definition) is 1. The Labute approximate surface area is 147 Å². The van der Waals surface area contributed by atoms with Crippen LogP contribution in [0.5, 0.6) is 0 Å². The van der Waals surface area contributed by atoms with Crippen molar-refractivity contribution in [3.8, 4) is 0 Å². The van der Waals surface area contributed by atoms with Crippen LogP contribution in [-0.4, -0.2) is 19.8 Å². The van der Waals surface area contributed by atoms with Gasteiger partial charge in [0.1, 0.15) is 0 Å². The van der Waals surface area contributed by atoms with Gasteiger partial charge >= 0.3 is 5.97 Å². The normalized spacial score (nSPS) is 13.3. The van der Waals surface area contributed by atoms with Gasteiger partial charge < -0.3 is 9.66 Å². The first-order chi connectivity index (χ1) is 12.1. The number of anilines is 1. The van der Waals surface area contributed by atoms with Gasteiger partial charge in [0.05, 0.1) is 12.5 Å². The predicted molar refractivity (Wildman–Crippen MR) is 96.8 cm³/mol. The molecule has 0 aliphatic rings. The SMILES string of the molecule is O=C(O)CC(c1ccccc1)N(c1ccc2ccccc2c1)S(=O)[O-]. The average molecular weight is 354 g/mol. The minimum atomic E-state index is -2.62. The number of benzene rings is 3. The van der Waals surface area contributed by atoms with Gasteiger partial charge in [0, 0.05) is 17.0 Å². The van der Waals surface area contributed by atoms with E-state index in [4.69, 9.17) is 0 Å². The first-order valence-electron chi connectivity index (χ1n) is 7.70. The van der Waals surface area contributed by atoms with Gasteiger partial charge in [-0.05, 0) is 28.5 Å². The van der Waals surface area contributed by atoms with E-state index in [1.165, 1.54) is 0 Å². The highest BCUT2D eigenvalue weighted by Crippen LogP contribution is 2.33. The van der Waals surface area contributed by atoms with Gasteiger partial charge in [-0.1, -0.05) is 60.7 Å². The zero-order chi connectivity index (χ0) is 17.8. The summed E-state index contributed by atoms with van der Waals surface area (Å²) in [7, 11) is 0. The maximum absolute atomic E-state index is 12.0. The van der Waals surface area contributed by atoms with Crippen molar-refractivity contribution in [1.29, 1.82) is 0 Å². The molecule has 0 heterocycles. The molecule has 0 bridgehead atoms. The summed E-state index contributed by atoms with van der Waals surface area (Å²) >= 11 is -2.62. The molecule has 25 heavy (non-hydrogen) atoms. The molecule has 0 radical (unpaired) electrons. The monoisotopic (exact) mass is 354 g/mol. The van der Waals surface area contributed by atoms with Crippen LogP contribution in [0, 0.1) is 0 Å². The molecule has 1 N–H and O–H groups in total. The average Bonchev–Trinajstić information content (AvgIpc) is 2.61. The number of hydrogen-bond acceptors (Lipinski definition) is 3. The second-order valence-corrected chi connectivity index (χ2v) is 6.43. The minimum absolute atomic E-state index is 0.329. The van der Waals surface area contributed by atoms with Crippen molar-refractivity contribution in [1.82, 2.24) is 0 Å². The van der Waals surface area contributed by atoms with E-state index >= 15 is 0 Å². The Morgan fingerprint density at radius 1 is 1.00 bits per heavy atom. The van der Waals surface area contributed by atoms with Gasteiger partial charge in [-0.25, -0.2) is 0 Å². The smallest absolute Gasteiger partial charge is 0.305 e. The molecule has 3 aromatic rings. The first-order valence-corrected chi connectivity index (χ1v) is 8.73. The molecule has 0 aromatic heterocycles. The van der Waals surface area contributed by atoms with Gasteiger partial charge in [0.25, 0.3) is 0 Å². The van der Waals surface area contributed by atoms with Crippen LogP contribution in [0.2, 0.25) is 0 Å². The Kier molecular flexibility index (Phi) is 5.11. The van der Waals surface area contributed by atoms with Gasteiger partial charge in [0.15, 0.2) is 0 Å². The Morgan fingerprint density at radius 2 is 1.64 bits per heavy atom. The van der Waals surface area contributed by atoms with Crippen molar-refractivity contribution in [2.75, 3.05) is 4.31 Å². The summed E-state index contributed by atoms with van der Waals surface area (Å²) in [6, 6.07) is 20.8. The standard InChI is InChI=1S/C19H17NO4S/c21-19(22)13-18(15-7-2-1-3-8-15)20(25(23)24)17-11-10-14-6-4-5-9-16(14)12-17/h1-12,18H,13H2,(H,21,22)(H,23,24)/p-1. The fourth-order valence-electron chi connectivity index (χ4n) is 2.86. The van der Waals surface area contributed by atoms with Crippen molar-refractivity contribution in [2.45, 2.75) is 12.5 Å². The van der Waals surface area contributed by atoms with Crippen molar-refractivity contribution >= 4 is 33.7 Å². The van der Waals surface area contributed by atoms with Crippen molar-refractivity contribution in [2.24, 2.45) is 0 Å². The molecular weight excluding hydrogens is 338 g/mol. The third-order valence-corrected chi connectivity index (χ3v) is 4.77. The number of nitrogens with zero attached hydrogens (tertiary/aromatic N) is 1. The molecule has 5 nitrogen and oxygen atoms in total. The Hall–Kier alpha value is -2.70. The van der Waals surface area contributed by atoms with E-state index in [9.17, 15) is 18.7 Å². The van der Waals surface area contributed by atoms with Crippen LogP contribution in [0.15, 0.2) is 72.8 Å². The third-order valence-electron chi connectivity index (χ3n) is 3.98. The van der Waals surface area contributed by atoms with Gasteiger partial charge in [-0.3, -0.25) is 13.3 Å². The second-order valence-electron chi connectivity index (χ2n) is 5.60. The summed E-state index contributed by atoms with van der Waals surface area (Å²) in [6.45, 7) is 0. The Bertz CT molecular complexity index is 913. The third kappa shape index (κ3) is 3.87. The summed E-state index contributed by atoms with van der Waals surface area (Å²) in [6.07, 6.45) is -0.329. The lowest BCUT2D eigenvalue weighted by Crippen LogP contribution is -2.32. The van der Waals surface area contributed by atoms with Crippen molar-refractivity contribution in [3.63, 3.8) is 0 Å². The Morgan fingerprint density at radius 3 is 2.28 bits per heavy atom. The van der Waals surface area contributed by atoms with Crippen molar-refractivity contribution < 1.29 is 18.7 Å². The summed E-state index contributed by atoms with van der Waals surface area (Å²) in [4.78, 5) is 11.3. The number of aliphatic carboxylic acids is 1. The predicted octanol–water partition coefficient (Wildman–Crippen LogP) is 3.66. The number of carboxylic acids is 1. The summed E-state index contributed by atoms with van der Waals surface area (Å²) in [5.74, 6) is -1.06. The molecule has 128 valence electrons. The Balaban J connectivity index is 2.10. The van der Waals surface area contributed by atoms with Crippen LogP contribution in [0.4, 0.5) is 5.69 Å². The molecular formula is C19H16NO4S-. The summed E-state index contributed by atoms with van der Waals surface area (Å²) in [5.41, 5.74) is 1.06. The van der Waals surface area contributed by atoms with Gasteiger partial charge in [-0.2, -0.15) is 0 Å². The van der Waals surface area contributed by atoms with E-state index in [1.807, 2.05) is 30.3 Å². The molecule has 0 saturated heterocycles. The highest BCUT2D eigenvalue weighted by molar-refractivity contribution is 7.80. The van der Waals surface area contributed by atoms with Crippen LogP contribution >= 0.6 is 0 Å². The largest absolute Gasteiger partial charge is 0.755 e. The second kappa shape index (κ2) is 7.46. The van der Waals surface area contributed by atoms with Gasteiger partial charge in [0.2, 0.25) is 0 Å². The zero-order valence-corrected chi connectivity index (χ0v) is 14.1. The topological polar surface area (TPSA) is 80.7 Å². The zero-order valence-electron chi connectivity index (χ0n) is 13.2. The van der Waals surface area contributed by atoms with E-state index in [2.05, 4.69) is 0 Å². The molecule has 3 aromatic carbocycles. The van der Waals surface area contributed by atoms with E-state index in [1.54, 1.807) is 42.5 Å². The van der Waals surface area contributed by atoms with E-state index in [0.717, 1.165) is 15.1 Å². The number of fused-ring (bicyclic) bond motifs is 1. The molecule has 0 fully saturated rings. The molecule has 0 saturated carbocycles. The maximum Gasteiger partial charge on any atom is 0.305 e. The van der Waals surface area contributed by atoms with Crippen molar-refractivity contribution in [3.05, 3.63) is 78.4 Å². The minimum Gasteiger partial charge on any atom is -0.755 e. The number of carboxylic acid groups (broad SMARTS) is 1. The van der Waals surface area contributed by atoms with Gasteiger partial charge in [-0.15, -0.1) is 0 Å². The van der Waals surface area contributed by atoms with E-state index < -0.39 is 23.3 Å². The van der Waals surface area contributed by atoms with Crippen LogP contribution in [0.1, 0.15) is 18.0 Å². The molecule has 0 amide bonds. The molecule has 0 aliphatic heterocycles. The molecule has 6 heteroatoms. The van der Waals surface area contributed by atoms with Crippen LogP contribution in [0.3, 0.4) is 0 Å². The molecule has 0 aliphatic carbocycles. The summed E-state index contributed by atoms with van der Waals surface area (Å²) < 4.78 is 25.1. The lowest BCUT2D eigenvalue weighted by molar-refractivity contribution is -0.137. The van der Waals surface area contributed by atoms with Crippen LogP contribution < -0.4 is 4.31 Å². The molecule has 2 unspecified atom stereocenters. The number of carbonyl (C=O) groups is 1. The van der Waals surface area contributed by atoms with E-state index in [-0.39, 0.29) is 6.42 Å². The summed E-state index contributed by atoms with van der Waals surface area (Å²) in [5, 5.41) is 11.1. The quantitative estimate of drug-likeness (QED) is 0.685. The number of rotatable bonds is 6. The lowest BCUT2D eigenvalue weighted by Gasteiger charge is -2.34. The highest BCUT2D eigenvalue weighted by atomic mass is 32.2. The highest BCUT2D eigenvalue weighted by Gasteiger charge is 2.25. The first kappa shape index (κ1) is 17.1. The van der Waals surface area contributed by atoms with Crippen LogP contribution in [-0.2, 0) is 16.1 Å². The molecule has 2 atom stereocenters. The fourth-order valence-corrected chi connectivity index (χ4v) is 3.55. The molecule has 0 spiro atoms. The van der Waals surface area contributed by atoms with Crippen LogP contribution in [0.25, 0.3) is 10.8 Å². The lowest BCUT2D eigenvalue weighted by atomic mass is 10.0. The molecule has 3 rings (SSSR count).